The highest BCUT2D eigenvalue weighted by Gasteiger charge is 2.32. The number of ether oxygens (including phenoxy) is 2. The van der Waals surface area contributed by atoms with E-state index in [0.717, 1.165) is 35.3 Å². The van der Waals surface area contributed by atoms with Gasteiger partial charge in [0.1, 0.15) is 29.5 Å². The number of hydrogen-bond donors (Lipinski definition) is 1. The molecule has 0 spiro atoms. The van der Waals surface area contributed by atoms with Crippen LogP contribution >= 0.6 is 0 Å². The van der Waals surface area contributed by atoms with Crippen molar-refractivity contribution < 1.29 is 23.8 Å². The number of hydrogen-bond acceptors (Lipinski definition) is 3. The van der Waals surface area contributed by atoms with Crippen LogP contribution in [0.15, 0.2) is 30.3 Å². The van der Waals surface area contributed by atoms with Crippen LogP contribution in [0.3, 0.4) is 0 Å². The van der Waals surface area contributed by atoms with Crippen molar-refractivity contribution in [1.29, 1.82) is 0 Å². The molecule has 1 aliphatic rings. The number of carboxylic acids is 1. The lowest BCUT2D eigenvalue weighted by Gasteiger charge is -2.18. The van der Waals surface area contributed by atoms with Gasteiger partial charge < -0.3 is 14.6 Å². The lowest BCUT2D eigenvalue weighted by atomic mass is 9.99. The number of aliphatic carboxylic acids is 1. The van der Waals surface area contributed by atoms with Crippen molar-refractivity contribution in [2.45, 2.75) is 65.1 Å². The Hall–Kier alpha value is -2.56. The zero-order valence-corrected chi connectivity index (χ0v) is 16.7. The number of halogens is 1. The molecular weight excluding hydrogens is 359 g/mol. The predicted molar refractivity (Wildman–Crippen MR) is 106 cm³/mol. The summed E-state index contributed by atoms with van der Waals surface area (Å²) in [6, 6.07) is 8.74. The first-order valence-electron chi connectivity index (χ1n) is 9.74. The Balaban J connectivity index is 1.77. The summed E-state index contributed by atoms with van der Waals surface area (Å²) in [4.78, 5) is 10.9. The Bertz CT molecular complexity index is 873. The van der Waals surface area contributed by atoms with Gasteiger partial charge in [0.05, 0.1) is 0 Å². The minimum Gasteiger partial charge on any atom is -0.489 e. The summed E-state index contributed by atoms with van der Waals surface area (Å²) in [6.07, 6.45) is 3.11. The molecule has 0 saturated heterocycles. The van der Waals surface area contributed by atoms with Gasteiger partial charge in [-0.25, -0.2) is 4.39 Å². The summed E-state index contributed by atoms with van der Waals surface area (Å²) < 4.78 is 26.0. The molecule has 1 heterocycles. The molecule has 0 aliphatic carbocycles. The number of aryl methyl sites for hydroxylation is 2. The van der Waals surface area contributed by atoms with E-state index in [0.29, 0.717) is 24.2 Å². The van der Waals surface area contributed by atoms with E-state index in [2.05, 4.69) is 6.92 Å². The highest BCUT2D eigenvalue weighted by atomic mass is 19.1. The van der Waals surface area contributed by atoms with Gasteiger partial charge in [0.2, 0.25) is 0 Å². The van der Waals surface area contributed by atoms with Gasteiger partial charge in [0.15, 0.2) is 0 Å². The van der Waals surface area contributed by atoms with Crippen LogP contribution in [0, 0.1) is 5.82 Å². The van der Waals surface area contributed by atoms with Gasteiger partial charge in [-0.15, -0.1) is 0 Å². The van der Waals surface area contributed by atoms with E-state index in [1.54, 1.807) is 0 Å². The van der Waals surface area contributed by atoms with Crippen LogP contribution in [0.25, 0.3) is 0 Å². The second-order valence-electron chi connectivity index (χ2n) is 7.95. The van der Waals surface area contributed by atoms with Gasteiger partial charge in [-0.1, -0.05) is 19.4 Å². The van der Waals surface area contributed by atoms with Gasteiger partial charge in [-0.05, 0) is 62.1 Å². The van der Waals surface area contributed by atoms with Crippen molar-refractivity contribution in [1.82, 2.24) is 0 Å². The molecule has 1 aliphatic heterocycles. The van der Waals surface area contributed by atoms with E-state index < -0.39 is 5.97 Å². The molecule has 0 radical (unpaired) electrons. The third-order valence-corrected chi connectivity index (χ3v) is 4.90. The Kier molecular flexibility index (Phi) is 5.92. The third-order valence-electron chi connectivity index (χ3n) is 4.90. The molecule has 5 heteroatoms. The maximum atomic E-state index is 14.0. The topological polar surface area (TPSA) is 55.8 Å². The maximum Gasteiger partial charge on any atom is 0.303 e. The maximum absolute atomic E-state index is 14.0. The first-order chi connectivity index (χ1) is 13.3. The fraction of sp³-hybridized carbons (Fsp3) is 0.435. The fourth-order valence-corrected chi connectivity index (χ4v) is 3.69. The largest absolute Gasteiger partial charge is 0.489 e. The molecule has 4 nitrogen and oxygen atoms in total. The molecule has 2 aromatic carbocycles. The number of carbonyl (C=O) groups is 1. The first kappa shape index (κ1) is 20.2. The number of benzene rings is 2. The molecule has 28 heavy (non-hydrogen) atoms. The number of carboxylic acid groups (broad SMARTS) is 1. The summed E-state index contributed by atoms with van der Waals surface area (Å²) in [6.45, 7) is 6.28. The van der Waals surface area contributed by atoms with E-state index in [1.165, 1.54) is 12.1 Å². The van der Waals surface area contributed by atoms with Crippen LogP contribution in [-0.4, -0.2) is 16.7 Å². The van der Waals surface area contributed by atoms with Crippen molar-refractivity contribution >= 4 is 5.97 Å². The molecule has 0 bridgehead atoms. The molecule has 0 atom stereocenters. The van der Waals surface area contributed by atoms with Crippen molar-refractivity contribution in [2.24, 2.45) is 0 Å². The quantitative estimate of drug-likeness (QED) is 0.687. The van der Waals surface area contributed by atoms with Crippen LogP contribution in [-0.2, 0) is 30.7 Å². The normalized spacial score (nSPS) is 14.4. The minimum atomic E-state index is -0.800. The number of rotatable bonds is 8. The Morgan fingerprint density at radius 1 is 1.18 bits per heavy atom. The SMILES string of the molecule is CCCc1cc(OCc2cc(F)cc3c2OC(C)(C)C3)ccc1CCC(=O)O. The summed E-state index contributed by atoms with van der Waals surface area (Å²) in [7, 11) is 0. The van der Waals surface area contributed by atoms with E-state index in [-0.39, 0.29) is 24.4 Å². The van der Waals surface area contributed by atoms with E-state index in [1.807, 2.05) is 32.0 Å². The average Bonchev–Trinajstić information content (AvgIpc) is 2.92. The van der Waals surface area contributed by atoms with Gasteiger partial charge in [0.25, 0.3) is 0 Å². The molecule has 150 valence electrons. The summed E-state index contributed by atoms with van der Waals surface area (Å²) in [5.74, 6) is 0.330. The van der Waals surface area contributed by atoms with Crippen LogP contribution in [0.5, 0.6) is 11.5 Å². The highest BCUT2D eigenvalue weighted by Crippen LogP contribution is 2.38. The van der Waals surface area contributed by atoms with Crippen LogP contribution in [0.1, 0.15) is 55.9 Å². The lowest BCUT2D eigenvalue weighted by Crippen LogP contribution is -2.25. The molecule has 0 aromatic heterocycles. The standard InChI is InChI=1S/C23H27FO4/c1-4-5-16-12-20(8-6-15(16)7-9-21(25)26)27-14-18-11-19(24)10-17-13-23(2,3)28-22(17)18/h6,8,10-12H,4-5,7,9,13-14H2,1-3H3,(H,25,26). The Morgan fingerprint density at radius 2 is 1.96 bits per heavy atom. The molecular formula is C23H27FO4. The summed E-state index contributed by atoms with van der Waals surface area (Å²) in [5.41, 5.74) is 3.37. The Labute approximate surface area is 165 Å². The van der Waals surface area contributed by atoms with E-state index in [9.17, 15) is 9.18 Å². The average molecular weight is 386 g/mol. The predicted octanol–water partition coefficient (Wildman–Crippen LogP) is 5.09. The summed E-state index contributed by atoms with van der Waals surface area (Å²) in [5, 5.41) is 8.93. The van der Waals surface area contributed by atoms with E-state index >= 15 is 0 Å². The molecule has 3 rings (SSSR count). The van der Waals surface area contributed by atoms with Gasteiger partial charge in [-0.3, -0.25) is 4.79 Å². The van der Waals surface area contributed by atoms with Gasteiger partial charge >= 0.3 is 5.97 Å². The van der Waals surface area contributed by atoms with Gasteiger partial charge in [0, 0.05) is 24.0 Å². The minimum absolute atomic E-state index is 0.111. The molecule has 0 amide bonds. The van der Waals surface area contributed by atoms with Crippen molar-refractivity contribution in [3.05, 3.63) is 58.4 Å². The lowest BCUT2D eigenvalue weighted by molar-refractivity contribution is -0.136. The second-order valence-corrected chi connectivity index (χ2v) is 7.95. The van der Waals surface area contributed by atoms with Crippen molar-refractivity contribution in [3.8, 4) is 11.5 Å². The third kappa shape index (κ3) is 4.83. The van der Waals surface area contributed by atoms with E-state index in [4.69, 9.17) is 14.6 Å². The summed E-state index contributed by atoms with van der Waals surface area (Å²) >= 11 is 0. The second kappa shape index (κ2) is 8.21. The molecule has 1 N–H and O–H groups in total. The van der Waals surface area contributed by atoms with Gasteiger partial charge in [-0.2, -0.15) is 0 Å². The number of fused-ring (bicyclic) bond motifs is 1. The fourth-order valence-electron chi connectivity index (χ4n) is 3.69. The van der Waals surface area contributed by atoms with Crippen molar-refractivity contribution in [2.75, 3.05) is 0 Å². The highest BCUT2D eigenvalue weighted by molar-refractivity contribution is 5.67. The zero-order valence-electron chi connectivity index (χ0n) is 16.7. The van der Waals surface area contributed by atoms with Crippen LogP contribution in [0.2, 0.25) is 0 Å². The smallest absolute Gasteiger partial charge is 0.303 e. The Morgan fingerprint density at radius 3 is 2.68 bits per heavy atom. The van der Waals surface area contributed by atoms with Crippen LogP contribution < -0.4 is 9.47 Å². The first-order valence-corrected chi connectivity index (χ1v) is 9.74. The van der Waals surface area contributed by atoms with Crippen molar-refractivity contribution in [3.63, 3.8) is 0 Å². The molecule has 0 unspecified atom stereocenters. The van der Waals surface area contributed by atoms with Crippen LogP contribution in [0.4, 0.5) is 4.39 Å². The zero-order chi connectivity index (χ0) is 20.3. The molecule has 0 fully saturated rings. The molecule has 0 saturated carbocycles. The molecule has 2 aromatic rings. The monoisotopic (exact) mass is 386 g/mol.